The SMILES string of the molecule is CC(C)=CCCC(C)=CCCC1=CC[C@@H](C(=O)OCCO)CC1. The first-order valence-corrected chi connectivity index (χ1v) is 8.77. The van der Waals surface area contributed by atoms with Crippen molar-refractivity contribution in [2.45, 2.75) is 65.7 Å². The van der Waals surface area contributed by atoms with Crippen molar-refractivity contribution in [2.75, 3.05) is 13.2 Å². The minimum atomic E-state index is -0.163. The lowest BCUT2D eigenvalue weighted by Crippen LogP contribution is -2.21. The van der Waals surface area contributed by atoms with E-state index in [1.165, 1.54) is 16.7 Å². The third-order valence-electron chi connectivity index (χ3n) is 4.22. The van der Waals surface area contributed by atoms with Gasteiger partial charge in [0.05, 0.1) is 12.5 Å². The summed E-state index contributed by atoms with van der Waals surface area (Å²) in [5.41, 5.74) is 4.31. The van der Waals surface area contributed by atoms with Gasteiger partial charge in [-0.1, -0.05) is 34.9 Å². The van der Waals surface area contributed by atoms with Crippen LogP contribution in [0, 0.1) is 5.92 Å². The number of carbonyl (C=O) groups is 1. The molecule has 1 atom stereocenters. The highest BCUT2D eigenvalue weighted by Gasteiger charge is 2.22. The lowest BCUT2D eigenvalue weighted by Gasteiger charge is -2.20. The normalized spacial score (nSPS) is 18.3. The van der Waals surface area contributed by atoms with Crippen LogP contribution in [0.2, 0.25) is 0 Å². The highest BCUT2D eigenvalue weighted by molar-refractivity contribution is 5.72. The summed E-state index contributed by atoms with van der Waals surface area (Å²) in [5.74, 6) is -0.184. The molecule has 0 saturated heterocycles. The van der Waals surface area contributed by atoms with E-state index >= 15 is 0 Å². The molecule has 3 nitrogen and oxygen atoms in total. The van der Waals surface area contributed by atoms with Gasteiger partial charge in [0.2, 0.25) is 0 Å². The molecule has 0 aromatic carbocycles. The first-order chi connectivity index (χ1) is 11.0. The van der Waals surface area contributed by atoms with Crippen LogP contribution >= 0.6 is 0 Å². The average molecular weight is 320 g/mol. The third-order valence-corrected chi connectivity index (χ3v) is 4.22. The van der Waals surface area contributed by atoms with E-state index in [0.717, 1.165) is 44.9 Å². The molecule has 0 heterocycles. The van der Waals surface area contributed by atoms with Gasteiger partial charge in [-0.05, 0) is 65.7 Å². The molecule has 0 amide bonds. The number of carbonyl (C=O) groups excluding carboxylic acids is 1. The highest BCUT2D eigenvalue weighted by Crippen LogP contribution is 2.27. The Kier molecular flexibility index (Phi) is 9.61. The molecule has 3 heteroatoms. The summed E-state index contributed by atoms with van der Waals surface area (Å²) in [5, 5.41) is 8.68. The second kappa shape index (κ2) is 11.2. The van der Waals surface area contributed by atoms with E-state index in [-0.39, 0.29) is 25.1 Å². The van der Waals surface area contributed by atoms with Crippen molar-refractivity contribution in [1.82, 2.24) is 0 Å². The minimum absolute atomic E-state index is 0.0216. The topological polar surface area (TPSA) is 46.5 Å². The van der Waals surface area contributed by atoms with Crippen molar-refractivity contribution in [1.29, 1.82) is 0 Å². The zero-order chi connectivity index (χ0) is 17.1. The molecule has 0 aliphatic heterocycles. The maximum Gasteiger partial charge on any atom is 0.309 e. The predicted octanol–water partition coefficient (Wildman–Crippen LogP) is 4.72. The summed E-state index contributed by atoms with van der Waals surface area (Å²) in [6.07, 6.45) is 13.9. The summed E-state index contributed by atoms with van der Waals surface area (Å²) in [6, 6.07) is 0. The Morgan fingerprint density at radius 2 is 2.09 bits per heavy atom. The Morgan fingerprint density at radius 1 is 1.30 bits per heavy atom. The lowest BCUT2D eigenvalue weighted by molar-refractivity contribution is -0.149. The number of hydrogen-bond acceptors (Lipinski definition) is 3. The van der Waals surface area contributed by atoms with Gasteiger partial charge in [0.1, 0.15) is 6.61 Å². The van der Waals surface area contributed by atoms with Gasteiger partial charge in [-0.3, -0.25) is 4.79 Å². The molecule has 0 spiro atoms. The van der Waals surface area contributed by atoms with Gasteiger partial charge in [-0.25, -0.2) is 0 Å². The first kappa shape index (κ1) is 19.7. The Morgan fingerprint density at radius 3 is 2.70 bits per heavy atom. The fourth-order valence-electron chi connectivity index (χ4n) is 2.79. The summed E-state index contributed by atoms with van der Waals surface area (Å²) >= 11 is 0. The largest absolute Gasteiger partial charge is 0.463 e. The molecular weight excluding hydrogens is 288 g/mol. The van der Waals surface area contributed by atoms with E-state index in [1.54, 1.807) is 0 Å². The Bertz CT molecular complexity index is 454. The van der Waals surface area contributed by atoms with Crippen LogP contribution in [0.5, 0.6) is 0 Å². The summed E-state index contributed by atoms with van der Waals surface area (Å²) in [6.45, 7) is 6.51. The standard InChI is InChI=1S/C20H32O3/c1-16(2)6-4-7-17(3)8-5-9-18-10-12-19(13-11-18)20(22)23-15-14-21/h6,8,10,19,21H,4-5,7,9,11-15H2,1-3H3/t19-/m1/s1. The van der Waals surface area contributed by atoms with Crippen LogP contribution in [-0.2, 0) is 9.53 Å². The van der Waals surface area contributed by atoms with Crippen LogP contribution in [0.15, 0.2) is 34.9 Å². The van der Waals surface area contributed by atoms with Gasteiger partial charge in [0.15, 0.2) is 0 Å². The van der Waals surface area contributed by atoms with Gasteiger partial charge in [0.25, 0.3) is 0 Å². The summed E-state index contributed by atoms with van der Waals surface area (Å²) in [4.78, 5) is 11.7. The average Bonchev–Trinajstić information content (AvgIpc) is 2.53. The molecule has 1 rings (SSSR count). The van der Waals surface area contributed by atoms with E-state index in [4.69, 9.17) is 9.84 Å². The lowest BCUT2D eigenvalue weighted by atomic mass is 9.87. The number of esters is 1. The highest BCUT2D eigenvalue weighted by atomic mass is 16.5. The van der Waals surface area contributed by atoms with Crippen LogP contribution in [-0.4, -0.2) is 24.3 Å². The molecule has 0 fully saturated rings. The molecule has 0 radical (unpaired) electrons. The molecule has 0 aromatic rings. The monoisotopic (exact) mass is 320 g/mol. The van der Waals surface area contributed by atoms with Gasteiger partial charge in [0, 0.05) is 0 Å². The van der Waals surface area contributed by atoms with Crippen molar-refractivity contribution in [3.63, 3.8) is 0 Å². The number of allylic oxidation sites excluding steroid dienone is 6. The molecule has 23 heavy (non-hydrogen) atoms. The molecule has 0 unspecified atom stereocenters. The van der Waals surface area contributed by atoms with Gasteiger partial charge < -0.3 is 9.84 Å². The van der Waals surface area contributed by atoms with E-state index in [0.29, 0.717) is 0 Å². The minimum Gasteiger partial charge on any atom is -0.463 e. The molecule has 0 saturated carbocycles. The second-order valence-electron chi connectivity index (χ2n) is 6.63. The summed E-state index contributed by atoms with van der Waals surface area (Å²) < 4.78 is 5.00. The second-order valence-corrected chi connectivity index (χ2v) is 6.63. The van der Waals surface area contributed by atoms with Crippen LogP contribution in [0.4, 0.5) is 0 Å². The Hall–Kier alpha value is -1.35. The fraction of sp³-hybridized carbons (Fsp3) is 0.650. The maximum absolute atomic E-state index is 11.7. The first-order valence-electron chi connectivity index (χ1n) is 8.77. The van der Waals surface area contributed by atoms with E-state index in [9.17, 15) is 4.79 Å². The molecule has 1 N–H and O–H groups in total. The Labute approximate surface area is 141 Å². The number of aliphatic hydroxyl groups excluding tert-OH is 1. The predicted molar refractivity (Wildman–Crippen MR) is 95.1 cm³/mol. The van der Waals surface area contributed by atoms with Crippen LogP contribution < -0.4 is 0 Å². The number of hydrogen-bond donors (Lipinski definition) is 1. The van der Waals surface area contributed by atoms with E-state index in [2.05, 4.69) is 39.0 Å². The van der Waals surface area contributed by atoms with Crippen molar-refractivity contribution in [2.24, 2.45) is 5.92 Å². The van der Waals surface area contributed by atoms with E-state index in [1.807, 2.05) is 0 Å². The maximum atomic E-state index is 11.7. The molecule has 130 valence electrons. The molecule has 0 aromatic heterocycles. The van der Waals surface area contributed by atoms with Crippen molar-refractivity contribution in [3.8, 4) is 0 Å². The summed E-state index contributed by atoms with van der Waals surface area (Å²) in [7, 11) is 0. The fourth-order valence-corrected chi connectivity index (χ4v) is 2.79. The number of ether oxygens (including phenoxy) is 1. The Balaban J connectivity index is 2.27. The third kappa shape index (κ3) is 8.75. The zero-order valence-corrected chi connectivity index (χ0v) is 14.9. The smallest absolute Gasteiger partial charge is 0.309 e. The molecular formula is C20H32O3. The van der Waals surface area contributed by atoms with Gasteiger partial charge >= 0.3 is 5.97 Å². The number of aliphatic hydroxyl groups is 1. The van der Waals surface area contributed by atoms with Crippen molar-refractivity contribution < 1.29 is 14.6 Å². The van der Waals surface area contributed by atoms with Gasteiger partial charge in [-0.15, -0.1) is 0 Å². The molecule has 1 aliphatic carbocycles. The van der Waals surface area contributed by atoms with E-state index < -0.39 is 0 Å². The van der Waals surface area contributed by atoms with Crippen molar-refractivity contribution in [3.05, 3.63) is 34.9 Å². The quantitative estimate of drug-likeness (QED) is 0.494. The molecule has 1 aliphatic rings. The molecule has 0 bridgehead atoms. The number of rotatable bonds is 9. The van der Waals surface area contributed by atoms with Crippen LogP contribution in [0.1, 0.15) is 65.7 Å². The van der Waals surface area contributed by atoms with Gasteiger partial charge in [-0.2, -0.15) is 0 Å². The van der Waals surface area contributed by atoms with Crippen LogP contribution in [0.25, 0.3) is 0 Å². The van der Waals surface area contributed by atoms with Crippen LogP contribution in [0.3, 0.4) is 0 Å². The zero-order valence-electron chi connectivity index (χ0n) is 14.9. The van der Waals surface area contributed by atoms with Crippen molar-refractivity contribution >= 4 is 5.97 Å².